The lowest BCUT2D eigenvalue weighted by Crippen LogP contribution is -2.37. The number of carbonyl (C=O) groups excluding carboxylic acids is 1. The highest BCUT2D eigenvalue weighted by Crippen LogP contribution is 2.26. The summed E-state index contributed by atoms with van der Waals surface area (Å²) in [5.74, 6) is 0.0674. The lowest BCUT2D eigenvalue weighted by Gasteiger charge is -2.28. The standard InChI is InChI=1S/C14H13N3O3/c1-20-14-15-7-10(8-16-14)17-5-4-9-6-11(18)2-3-12(9)13(17)19/h2-3,6-8,18H,4-5H2,1H3. The summed E-state index contributed by atoms with van der Waals surface area (Å²) >= 11 is 0. The van der Waals surface area contributed by atoms with E-state index in [0.29, 0.717) is 24.2 Å². The lowest BCUT2D eigenvalue weighted by atomic mass is 9.98. The van der Waals surface area contributed by atoms with Crippen LogP contribution in [0.25, 0.3) is 0 Å². The van der Waals surface area contributed by atoms with Crippen LogP contribution in [0.5, 0.6) is 11.8 Å². The van der Waals surface area contributed by atoms with Crippen LogP contribution in [0.15, 0.2) is 30.6 Å². The molecule has 20 heavy (non-hydrogen) atoms. The van der Waals surface area contributed by atoms with Gasteiger partial charge < -0.3 is 14.7 Å². The molecule has 102 valence electrons. The average molecular weight is 271 g/mol. The van der Waals surface area contributed by atoms with Crippen LogP contribution in [0.4, 0.5) is 5.69 Å². The number of amides is 1. The highest BCUT2D eigenvalue weighted by molar-refractivity contribution is 6.08. The number of rotatable bonds is 2. The van der Waals surface area contributed by atoms with Crippen LogP contribution in [0.1, 0.15) is 15.9 Å². The molecule has 1 aliphatic rings. The molecule has 0 saturated heterocycles. The first-order chi connectivity index (χ1) is 9.69. The Morgan fingerprint density at radius 1 is 1.30 bits per heavy atom. The number of nitrogens with zero attached hydrogens (tertiary/aromatic N) is 3. The van der Waals surface area contributed by atoms with Crippen molar-refractivity contribution in [3.05, 3.63) is 41.7 Å². The zero-order chi connectivity index (χ0) is 14.1. The number of aromatic nitrogens is 2. The van der Waals surface area contributed by atoms with Crippen molar-refractivity contribution in [2.24, 2.45) is 0 Å². The van der Waals surface area contributed by atoms with E-state index in [1.54, 1.807) is 29.4 Å². The molecule has 2 heterocycles. The second kappa shape index (κ2) is 4.80. The maximum absolute atomic E-state index is 12.4. The van der Waals surface area contributed by atoms with Crippen molar-refractivity contribution >= 4 is 11.6 Å². The van der Waals surface area contributed by atoms with Crippen molar-refractivity contribution in [3.63, 3.8) is 0 Å². The normalized spacial score (nSPS) is 14.1. The van der Waals surface area contributed by atoms with E-state index in [4.69, 9.17) is 4.74 Å². The Hall–Kier alpha value is -2.63. The van der Waals surface area contributed by atoms with Crippen molar-refractivity contribution in [1.82, 2.24) is 9.97 Å². The third-order valence-electron chi connectivity index (χ3n) is 3.28. The molecule has 1 aromatic carbocycles. The number of fused-ring (bicyclic) bond motifs is 1. The monoisotopic (exact) mass is 271 g/mol. The molecule has 0 atom stereocenters. The molecule has 0 spiro atoms. The second-order valence-electron chi connectivity index (χ2n) is 4.48. The topological polar surface area (TPSA) is 75.6 Å². The Balaban J connectivity index is 1.93. The Kier molecular flexibility index (Phi) is 2.98. The Bertz CT molecular complexity index is 655. The number of ether oxygens (including phenoxy) is 1. The van der Waals surface area contributed by atoms with E-state index < -0.39 is 0 Å². The van der Waals surface area contributed by atoms with Gasteiger partial charge in [0.05, 0.1) is 25.2 Å². The van der Waals surface area contributed by atoms with Gasteiger partial charge in [-0.2, -0.15) is 0 Å². The van der Waals surface area contributed by atoms with Crippen LogP contribution >= 0.6 is 0 Å². The molecule has 6 nitrogen and oxygen atoms in total. The minimum atomic E-state index is -0.111. The van der Waals surface area contributed by atoms with Crippen molar-refractivity contribution in [2.45, 2.75) is 6.42 Å². The summed E-state index contributed by atoms with van der Waals surface area (Å²) in [7, 11) is 1.49. The molecular weight excluding hydrogens is 258 g/mol. The zero-order valence-corrected chi connectivity index (χ0v) is 10.9. The van der Waals surface area contributed by atoms with E-state index >= 15 is 0 Å². The summed E-state index contributed by atoms with van der Waals surface area (Å²) < 4.78 is 4.90. The molecule has 0 fully saturated rings. The molecule has 1 amide bonds. The molecule has 0 aliphatic carbocycles. The van der Waals surface area contributed by atoms with Gasteiger partial charge in [0.25, 0.3) is 5.91 Å². The molecular formula is C14H13N3O3. The summed E-state index contributed by atoms with van der Waals surface area (Å²) in [5.41, 5.74) is 2.10. The quantitative estimate of drug-likeness (QED) is 0.893. The average Bonchev–Trinajstić information content (AvgIpc) is 2.48. The highest BCUT2D eigenvalue weighted by Gasteiger charge is 2.26. The number of anilines is 1. The Morgan fingerprint density at radius 2 is 2.05 bits per heavy atom. The second-order valence-corrected chi connectivity index (χ2v) is 4.48. The summed E-state index contributed by atoms with van der Waals surface area (Å²) in [6, 6.07) is 5.06. The van der Waals surface area contributed by atoms with E-state index in [1.807, 2.05) is 0 Å². The Labute approximate surface area is 115 Å². The maximum atomic E-state index is 12.4. The molecule has 0 radical (unpaired) electrons. The highest BCUT2D eigenvalue weighted by atomic mass is 16.5. The summed E-state index contributed by atoms with van der Waals surface area (Å²) in [6.45, 7) is 0.533. The zero-order valence-electron chi connectivity index (χ0n) is 10.9. The summed E-state index contributed by atoms with van der Waals surface area (Å²) in [5, 5.41) is 9.46. The lowest BCUT2D eigenvalue weighted by molar-refractivity contribution is 0.0980. The van der Waals surface area contributed by atoms with Gasteiger partial charge in [-0.15, -0.1) is 0 Å². The molecule has 6 heteroatoms. The van der Waals surface area contributed by atoms with E-state index in [2.05, 4.69) is 9.97 Å². The van der Waals surface area contributed by atoms with Crippen LogP contribution in [-0.2, 0) is 6.42 Å². The first-order valence-electron chi connectivity index (χ1n) is 6.19. The SMILES string of the molecule is COc1ncc(N2CCc3cc(O)ccc3C2=O)cn1. The molecule has 0 saturated carbocycles. The van der Waals surface area contributed by atoms with Gasteiger partial charge in [-0.1, -0.05) is 0 Å². The van der Waals surface area contributed by atoms with Crippen LogP contribution in [0.3, 0.4) is 0 Å². The molecule has 0 unspecified atom stereocenters. The van der Waals surface area contributed by atoms with Crippen molar-refractivity contribution < 1.29 is 14.6 Å². The van der Waals surface area contributed by atoms with E-state index in [0.717, 1.165) is 5.56 Å². The third kappa shape index (κ3) is 2.05. The van der Waals surface area contributed by atoms with Crippen molar-refractivity contribution in [2.75, 3.05) is 18.6 Å². The van der Waals surface area contributed by atoms with Gasteiger partial charge in [0.15, 0.2) is 0 Å². The number of phenols is 1. The molecule has 1 N–H and O–H groups in total. The molecule has 3 rings (SSSR count). The van der Waals surface area contributed by atoms with Gasteiger partial charge in [0.2, 0.25) is 0 Å². The van der Waals surface area contributed by atoms with E-state index in [1.165, 1.54) is 13.2 Å². The minimum Gasteiger partial charge on any atom is -0.508 e. The number of benzene rings is 1. The third-order valence-corrected chi connectivity index (χ3v) is 3.28. The number of hydrogen-bond acceptors (Lipinski definition) is 5. The number of methoxy groups -OCH3 is 1. The first-order valence-corrected chi connectivity index (χ1v) is 6.19. The fourth-order valence-corrected chi connectivity index (χ4v) is 2.28. The smallest absolute Gasteiger partial charge is 0.316 e. The largest absolute Gasteiger partial charge is 0.508 e. The maximum Gasteiger partial charge on any atom is 0.316 e. The van der Waals surface area contributed by atoms with E-state index in [-0.39, 0.29) is 17.7 Å². The number of aromatic hydroxyl groups is 1. The van der Waals surface area contributed by atoms with Gasteiger partial charge in [-0.05, 0) is 30.2 Å². The molecule has 1 aliphatic heterocycles. The number of hydrogen-bond donors (Lipinski definition) is 1. The van der Waals surface area contributed by atoms with Gasteiger partial charge in [0.1, 0.15) is 5.75 Å². The van der Waals surface area contributed by atoms with Gasteiger partial charge in [-0.25, -0.2) is 9.97 Å². The van der Waals surface area contributed by atoms with Crippen molar-refractivity contribution in [3.8, 4) is 11.8 Å². The number of carbonyl (C=O) groups is 1. The van der Waals surface area contributed by atoms with Gasteiger partial charge in [0, 0.05) is 12.1 Å². The number of phenolic OH excluding ortho intramolecular Hbond substituents is 1. The van der Waals surface area contributed by atoms with Crippen LogP contribution in [0, 0.1) is 0 Å². The minimum absolute atomic E-state index is 0.111. The van der Waals surface area contributed by atoms with Gasteiger partial charge in [-0.3, -0.25) is 4.79 Å². The van der Waals surface area contributed by atoms with Crippen LogP contribution in [-0.4, -0.2) is 34.6 Å². The fourth-order valence-electron chi connectivity index (χ4n) is 2.28. The van der Waals surface area contributed by atoms with Crippen molar-refractivity contribution in [1.29, 1.82) is 0 Å². The fraction of sp³-hybridized carbons (Fsp3) is 0.214. The molecule has 0 bridgehead atoms. The van der Waals surface area contributed by atoms with E-state index in [9.17, 15) is 9.90 Å². The molecule has 2 aromatic rings. The Morgan fingerprint density at radius 3 is 2.75 bits per heavy atom. The molecule has 1 aromatic heterocycles. The predicted octanol–water partition coefficient (Wildman–Crippen LogP) is 1.39. The van der Waals surface area contributed by atoms with Gasteiger partial charge >= 0.3 is 6.01 Å². The first kappa shape index (κ1) is 12.4. The van der Waals surface area contributed by atoms with Crippen LogP contribution in [0.2, 0.25) is 0 Å². The predicted molar refractivity (Wildman–Crippen MR) is 72.1 cm³/mol. The van der Waals surface area contributed by atoms with Crippen LogP contribution < -0.4 is 9.64 Å². The summed E-state index contributed by atoms with van der Waals surface area (Å²) in [6.07, 6.45) is 3.81. The summed E-state index contributed by atoms with van der Waals surface area (Å²) in [4.78, 5) is 22.1.